The number of halogens is 1. The second kappa shape index (κ2) is 7.42. The van der Waals surface area contributed by atoms with E-state index in [4.69, 9.17) is 0 Å². The van der Waals surface area contributed by atoms with Crippen LogP contribution in [0.2, 0.25) is 0 Å². The van der Waals surface area contributed by atoms with E-state index in [0.717, 1.165) is 18.7 Å². The molecule has 2 nitrogen and oxygen atoms in total. The van der Waals surface area contributed by atoms with Gasteiger partial charge in [-0.25, -0.2) is 0 Å². The molecule has 0 amide bonds. The highest BCUT2D eigenvalue weighted by molar-refractivity contribution is 5.99. The lowest BCUT2D eigenvalue weighted by Crippen LogP contribution is -3.00. The smallest absolute Gasteiger partial charge is 1.00 e. The van der Waals surface area contributed by atoms with Crippen LogP contribution in [-0.4, -0.2) is 29.8 Å². The molecular weight excluding hydrogens is 222 g/mol. The van der Waals surface area contributed by atoms with E-state index in [1.54, 1.807) is 0 Å². The van der Waals surface area contributed by atoms with Gasteiger partial charge in [0.25, 0.3) is 0 Å². The minimum absolute atomic E-state index is 0. The third kappa shape index (κ3) is 3.62. The lowest BCUT2D eigenvalue weighted by Gasteiger charge is -2.25. The molecule has 0 spiro atoms. The van der Waals surface area contributed by atoms with Gasteiger partial charge in [-0.3, -0.25) is 9.69 Å². The van der Waals surface area contributed by atoms with Crippen LogP contribution in [0.5, 0.6) is 0 Å². The van der Waals surface area contributed by atoms with Crippen LogP contribution in [0.4, 0.5) is 0 Å². The van der Waals surface area contributed by atoms with Crippen molar-refractivity contribution in [2.75, 3.05) is 13.1 Å². The fraction of sp³-hybridized carbons (Fsp3) is 0.462. The highest BCUT2D eigenvalue weighted by Gasteiger charge is 2.19. The van der Waals surface area contributed by atoms with Crippen molar-refractivity contribution in [1.29, 1.82) is 0 Å². The zero-order valence-corrected chi connectivity index (χ0v) is 10.9. The Bertz CT molecular complexity index is 314. The van der Waals surface area contributed by atoms with Crippen LogP contribution in [0.25, 0.3) is 0 Å². The zero-order chi connectivity index (χ0) is 11.3. The standard InChI is InChI=1S/C13H19NO.ClH/c1-4-14(5-2)11(3)13(15)12-9-7-6-8-10-12;/h6-11H,4-5H2,1-3H3;1H. The molecule has 0 aliphatic heterocycles. The summed E-state index contributed by atoms with van der Waals surface area (Å²) in [6, 6.07) is 9.47. The van der Waals surface area contributed by atoms with Crippen molar-refractivity contribution in [2.45, 2.75) is 26.8 Å². The van der Waals surface area contributed by atoms with E-state index in [9.17, 15) is 4.79 Å². The van der Waals surface area contributed by atoms with E-state index in [-0.39, 0.29) is 25.7 Å². The maximum absolute atomic E-state index is 12.1. The topological polar surface area (TPSA) is 20.3 Å². The second-order valence-corrected chi connectivity index (χ2v) is 3.63. The molecule has 0 saturated heterocycles. The van der Waals surface area contributed by atoms with Crippen molar-refractivity contribution in [3.05, 3.63) is 35.9 Å². The summed E-state index contributed by atoms with van der Waals surface area (Å²) in [5.41, 5.74) is 0.803. The number of nitrogens with zero attached hydrogens (tertiary/aromatic N) is 1. The van der Waals surface area contributed by atoms with Crippen LogP contribution in [-0.2, 0) is 0 Å². The predicted molar refractivity (Wildman–Crippen MR) is 64.3 cm³/mol. The lowest BCUT2D eigenvalue weighted by atomic mass is 10.0. The first kappa shape index (κ1) is 15.1. The van der Waals surface area contributed by atoms with Gasteiger partial charge in [-0.2, -0.15) is 0 Å². The predicted octanol–water partition coefficient (Wildman–Crippen LogP) is -0.284. The number of ketones is 1. The minimum Gasteiger partial charge on any atom is -1.00 e. The van der Waals surface area contributed by atoms with E-state index in [1.165, 1.54) is 0 Å². The summed E-state index contributed by atoms with van der Waals surface area (Å²) in [5, 5.41) is 0. The largest absolute Gasteiger partial charge is 1.00 e. The minimum atomic E-state index is -0.0256. The Labute approximate surface area is 106 Å². The Hall–Kier alpha value is -0.860. The number of hydrogen-bond donors (Lipinski definition) is 0. The van der Waals surface area contributed by atoms with E-state index >= 15 is 0 Å². The average molecular weight is 242 g/mol. The van der Waals surface area contributed by atoms with Crippen molar-refractivity contribution in [2.24, 2.45) is 0 Å². The van der Waals surface area contributed by atoms with E-state index < -0.39 is 0 Å². The zero-order valence-electron chi connectivity index (χ0n) is 11.1. The van der Waals surface area contributed by atoms with Gasteiger partial charge in [-0.05, 0) is 20.0 Å². The van der Waals surface area contributed by atoms with Crippen molar-refractivity contribution >= 4 is 5.78 Å². The van der Waals surface area contributed by atoms with Crippen molar-refractivity contribution in [3.8, 4) is 0 Å². The van der Waals surface area contributed by atoms with E-state index in [2.05, 4.69) is 18.7 Å². The van der Waals surface area contributed by atoms with Gasteiger partial charge in [0, 0.05) is 5.56 Å². The average Bonchev–Trinajstić information content (AvgIpc) is 2.30. The number of benzene rings is 1. The number of carbonyl (C=O) groups excluding carboxylic acids is 1. The van der Waals surface area contributed by atoms with Gasteiger partial charge in [0.05, 0.1) is 6.04 Å². The molecule has 0 aliphatic rings. The fourth-order valence-corrected chi connectivity index (χ4v) is 1.78. The van der Waals surface area contributed by atoms with Crippen LogP contribution < -0.4 is 12.4 Å². The maximum atomic E-state index is 12.1. The number of carbonyl (C=O) groups is 1. The molecule has 0 fully saturated rings. The van der Waals surface area contributed by atoms with Crippen LogP contribution in [0.1, 0.15) is 32.6 Å². The molecule has 16 heavy (non-hydrogen) atoms. The summed E-state index contributed by atoms with van der Waals surface area (Å²) in [6.45, 7) is 7.96. The molecule has 1 aromatic carbocycles. The quantitative estimate of drug-likeness (QED) is 0.661. The molecule has 1 aromatic rings. The first-order valence-corrected chi connectivity index (χ1v) is 5.54. The number of likely N-dealkylation sites (N-methyl/N-ethyl adjacent to an activating group) is 1. The van der Waals surface area contributed by atoms with Gasteiger partial charge in [-0.15, -0.1) is 0 Å². The summed E-state index contributed by atoms with van der Waals surface area (Å²) in [6.07, 6.45) is 0. The van der Waals surface area contributed by atoms with Crippen LogP contribution in [0.3, 0.4) is 0 Å². The summed E-state index contributed by atoms with van der Waals surface area (Å²) < 4.78 is 0. The molecule has 0 radical (unpaired) electrons. The summed E-state index contributed by atoms with van der Waals surface area (Å²) in [7, 11) is 0. The molecule has 90 valence electrons. The van der Waals surface area contributed by atoms with Crippen molar-refractivity contribution < 1.29 is 18.6 Å². The Morgan fingerprint density at radius 2 is 1.75 bits per heavy atom. The molecule has 1 atom stereocenters. The first-order chi connectivity index (χ1) is 7.20. The van der Waals surface area contributed by atoms with Crippen molar-refractivity contribution in [3.63, 3.8) is 0 Å². The van der Waals surface area contributed by atoms with E-state index in [0.29, 0.717) is 0 Å². The normalized spacial score (nSPS) is 12.0. The number of rotatable bonds is 5. The van der Waals surface area contributed by atoms with Crippen LogP contribution in [0.15, 0.2) is 30.3 Å². The highest BCUT2D eigenvalue weighted by atomic mass is 35.5. The number of hydrogen-bond acceptors (Lipinski definition) is 2. The number of Topliss-reactive ketones (excluding diaryl/α,β-unsaturated/α-hetero) is 1. The Balaban J connectivity index is 0. The SMILES string of the molecule is CCN(CC)C(C)C(=O)c1ccccc1.[Cl-].[H+]. The monoisotopic (exact) mass is 241 g/mol. The van der Waals surface area contributed by atoms with Gasteiger partial charge < -0.3 is 12.4 Å². The van der Waals surface area contributed by atoms with Gasteiger partial charge in [0.2, 0.25) is 0 Å². The first-order valence-electron chi connectivity index (χ1n) is 5.54. The maximum Gasteiger partial charge on any atom is 1.00 e. The molecule has 0 N–H and O–H groups in total. The van der Waals surface area contributed by atoms with Gasteiger partial charge >= 0.3 is 1.43 Å². The molecule has 0 aromatic heterocycles. The van der Waals surface area contributed by atoms with Crippen molar-refractivity contribution in [1.82, 2.24) is 4.90 Å². The van der Waals surface area contributed by atoms with Gasteiger partial charge in [0.1, 0.15) is 0 Å². The second-order valence-electron chi connectivity index (χ2n) is 3.63. The molecule has 0 bridgehead atoms. The fourth-order valence-electron chi connectivity index (χ4n) is 1.78. The van der Waals surface area contributed by atoms with Crippen LogP contribution >= 0.6 is 0 Å². The molecule has 0 saturated carbocycles. The van der Waals surface area contributed by atoms with Crippen LogP contribution in [0, 0.1) is 0 Å². The molecule has 0 heterocycles. The Kier molecular flexibility index (Phi) is 7.02. The van der Waals surface area contributed by atoms with Gasteiger partial charge in [-0.1, -0.05) is 44.2 Å². The molecular formula is C13H20ClNO. The van der Waals surface area contributed by atoms with Gasteiger partial charge in [0.15, 0.2) is 5.78 Å². The summed E-state index contributed by atoms with van der Waals surface area (Å²) in [5.74, 6) is 0.208. The third-order valence-electron chi connectivity index (χ3n) is 2.80. The molecule has 1 unspecified atom stereocenters. The molecule has 3 heteroatoms. The Morgan fingerprint density at radius 1 is 1.25 bits per heavy atom. The summed E-state index contributed by atoms with van der Waals surface area (Å²) in [4.78, 5) is 14.2. The Morgan fingerprint density at radius 3 is 2.19 bits per heavy atom. The third-order valence-corrected chi connectivity index (χ3v) is 2.80. The summed E-state index contributed by atoms with van der Waals surface area (Å²) >= 11 is 0. The van der Waals surface area contributed by atoms with E-state index in [1.807, 2.05) is 37.3 Å². The lowest BCUT2D eigenvalue weighted by molar-refractivity contribution is -0.0000110. The molecule has 0 aliphatic carbocycles. The molecule has 1 rings (SSSR count). The highest BCUT2D eigenvalue weighted by Crippen LogP contribution is 2.08.